The van der Waals surface area contributed by atoms with Gasteiger partial charge in [-0.2, -0.15) is 4.72 Å². The Hall–Kier alpha value is -3.30. The lowest BCUT2D eigenvalue weighted by molar-refractivity contribution is -0.133. The monoisotopic (exact) mass is 485 g/mol. The Bertz CT molecular complexity index is 1210. The summed E-state index contributed by atoms with van der Waals surface area (Å²) < 4.78 is 54.9. The van der Waals surface area contributed by atoms with Crippen LogP contribution in [0.15, 0.2) is 83.8 Å². The van der Waals surface area contributed by atoms with E-state index in [4.69, 9.17) is 0 Å². The summed E-state index contributed by atoms with van der Waals surface area (Å²) >= 11 is 0. The van der Waals surface area contributed by atoms with Crippen LogP contribution in [0.3, 0.4) is 0 Å². The molecule has 0 spiro atoms. The molecule has 0 aromatic heterocycles. The first-order valence-corrected chi connectivity index (χ1v) is 12.4. The van der Waals surface area contributed by atoms with Crippen molar-refractivity contribution in [3.63, 3.8) is 0 Å². The summed E-state index contributed by atoms with van der Waals surface area (Å²) in [5, 5.41) is 0. The second-order valence-corrected chi connectivity index (χ2v) is 9.82. The van der Waals surface area contributed by atoms with Gasteiger partial charge in [0.25, 0.3) is 0 Å². The molecule has 178 valence electrons. The van der Waals surface area contributed by atoms with E-state index in [9.17, 15) is 22.0 Å². The number of nitrogens with zero attached hydrogens (tertiary/aromatic N) is 2. The Labute approximate surface area is 197 Å². The number of benzene rings is 3. The van der Waals surface area contributed by atoms with Crippen LogP contribution in [0.1, 0.15) is 5.56 Å². The highest BCUT2D eigenvalue weighted by molar-refractivity contribution is 7.89. The SMILES string of the molecule is O=C([C@@H](Cc1ccccc1)NS(=O)(=O)c1ccc(F)cc1)N1CCN(c2ccc(F)cc2)CC1. The van der Waals surface area contributed by atoms with Crippen LogP contribution in [-0.2, 0) is 21.2 Å². The van der Waals surface area contributed by atoms with Crippen molar-refractivity contribution in [1.29, 1.82) is 0 Å². The average Bonchev–Trinajstić information content (AvgIpc) is 2.84. The largest absolute Gasteiger partial charge is 0.368 e. The number of sulfonamides is 1. The summed E-state index contributed by atoms with van der Waals surface area (Å²) in [6.45, 7) is 1.89. The van der Waals surface area contributed by atoms with Crippen LogP contribution >= 0.6 is 0 Å². The fraction of sp³-hybridized carbons (Fsp3) is 0.240. The molecule has 6 nitrogen and oxygen atoms in total. The maximum Gasteiger partial charge on any atom is 0.241 e. The van der Waals surface area contributed by atoms with Crippen molar-refractivity contribution in [1.82, 2.24) is 9.62 Å². The Balaban J connectivity index is 1.50. The van der Waals surface area contributed by atoms with Crippen LogP contribution < -0.4 is 9.62 Å². The number of hydrogen-bond donors (Lipinski definition) is 1. The number of rotatable bonds is 7. The van der Waals surface area contributed by atoms with E-state index in [0.29, 0.717) is 26.2 Å². The molecule has 3 aromatic rings. The second kappa shape index (κ2) is 10.3. The van der Waals surface area contributed by atoms with E-state index in [2.05, 4.69) is 9.62 Å². The molecule has 0 aliphatic carbocycles. The maximum absolute atomic E-state index is 13.4. The molecule has 9 heteroatoms. The fourth-order valence-electron chi connectivity index (χ4n) is 3.96. The fourth-order valence-corrected chi connectivity index (χ4v) is 5.14. The molecule has 1 amide bonds. The molecule has 4 rings (SSSR count). The van der Waals surface area contributed by atoms with E-state index in [1.165, 1.54) is 24.3 Å². The highest BCUT2D eigenvalue weighted by Gasteiger charge is 2.31. The van der Waals surface area contributed by atoms with Crippen molar-refractivity contribution in [2.24, 2.45) is 0 Å². The molecule has 1 heterocycles. The first-order chi connectivity index (χ1) is 16.3. The van der Waals surface area contributed by atoms with Gasteiger partial charge in [0.05, 0.1) is 4.90 Å². The molecule has 0 unspecified atom stereocenters. The molecule has 0 bridgehead atoms. The zero-order chi connectivity index (χ0) is 24.1. The van der Waals surface area contributed by atoms with Gasteiger partial charge in [-0.25, -0.2) is 17.2 Å². The van der Waals surface area contributed by atoms with E-state index in [0.717, 1.165) is 23.4 Å². The molecule has 1 aliphatic heterocycles. The van der Waals surface area contributed by atoms with Gasteiger partial charge in [0.2, 0.25) is 15.9 Å². The standard InChI is InChI=1S/C25H25F2N3O3S/c26-20-6-10-22(11-7-20)29-14-16-30(17-15-29)25(31)24(18-19-4-2-1-3-5-19)28-34(32,33)23-12-8-21(27)9-13-23/h1-13,24,28H,14-18H2/t24-/m1/s1. The summed E-state index contributed by atoms with van der Waals surface area (Å²) in [7, 11) is -4.05. The highest BCUT2D eigenvalue weighted by Crippen LogP contribution is 2.19. The van der Waals surface area contributed by atoms with Crippen LogP contribution in [0.2, 0.25) is 0 Å². The normalized spacial score (nSPS) is 15.2. The van der Waals surface area contributed by atoms with E-state index in [1.54, 1.807) is 17.0 Å². The van der Waals surface area contributed by atoms with E-state index in [-0.39, 0.29) is 23.0 Å². The van der Waals surface area contributed by atoms with Gasteiger partial charge >= 0.3 is 0 Å². The predicted octanol–water partition coefficient (Wildman–Crippen LogP) is 3.20. The Kier molecular flexibility index (Phi) is 7.23. The number of halogens is 2. The topological polar surface area (TPSA) is 69.7 Å². The minimum Gasteiger partial charge on any atom is -0.368 e. The molecule has 3 aromatic carbocycles. The van der Waals surface area contributed by atoms with Gasteiger partial charge in [-0.3, -0.25) is 4.79 Å². The minimum absolute atomic E-state index is 0.110. The van der Waals surface area contributed by atoms with Crippen molar-refractivity contribution >= 4 is 21.6 Å². The third kappa shape index (κ3) is 5.78. The summed E-state index contributed by atoms with van der Waals surface area (Å²) in [6.07, 6.45) is 0.179. The van der Waals surface area contributed by atoms with Gasteiger partial charge in [-0.15, -0.1) is 0 Å². The van der Waals surface area contributed by atoms with Crippen molar-refractivity contribution in [3.05, 3.63) is 96.1 Å². The zero-order valence-electron chi connectivity index (χ0n) is 18.4. The molecule has 1 N–H and O–H groups in total. The van der Waals surface area contributed by atoms with Crippen molar-refractivity contribution in [2.45, 2.75) is 17.4 Å². The van der Waals surface area contributed by atoms with Gasteiger partial charge in [0.1, 0.15) is 17.7 Å². The Morgan fingerprint density at radius 1 is 0.824 bits per heavy atom. The smallest absolute Gasteiger partial charge is 0.241 e. The summed E-state index contributed by atoms with van der Waals surface area (Å²) in [6, 6.07) is 18.8. The Morgan fingerprint density at radius 2 is 1.38 bits per heavy atom. The molecule has 34 heavy (non-hydrogen) atoms. The Morgan fingerprint density at radius 3 is 1.97 bits per heavy atom. The predicted molar refractivity (Wildman–Crippen MR) is 126 cm³/mol. The van der Waals surface area contributed by atoms with Gasteiger partial charge in [0.15, 0.2) is 0 Å². The number of nitrogens with one attached hydrogen (secondary N) is 1. The maximum atomic E-state index is 13.4. The summed E-state index contributed by atoms with van der Waals surface area (Å²) in [4.78, 5) is 17.0. The lowest BCUT2D eigenvalue weighted by Gasteiger charge is -2.37. The zero-order valence-corrected chi connectivity index (χ0v) is 19.2. The van der Waals surface area contributed by atoms with E-state index >= 15 is 0 Å². The van der Waals surface area contributed by atoms with Crippen LogP contribution in [0, 0.1) is 11.6 Å². The number of amides is 1. The average molecular weight is 486 g/mol. The molecular formula is C25H25F2N3O3S. The molecule has 0 radical (unpaired) electrons. The van der Waals surface area contributed by atoms with Crippen molar-refractivity contribution in [3.8, 4) is 0 Å². The molecular weight excluding hydrogens is 460 g/mol. The number of hydrogen-bond acceptors (Lipinski definition) is 4. The van der Waals surface area contributed by atoms with Crippen molar-refractivity contribution in [2.75, 3.05) is 31.1 Å². The van der Waals surface area contributed by atoms with Gasteiger partial charge in [0, 0.05) is 31.9 Å². The van der Waals surface area contributed by atoms with Crippen LogP contribution in [0.4, 0.5) is 14.5 Å². The molecule has 1 fully saturated rings. The van der Waals surface area contributed by atoms with Crippen LogP contribution in [0.25, 0.3) is 0 Å². The molecule has 1 aliphatic rings. The summed E-state index contributed by atoms with van der Waals surface area (Å²) in [5.41, 5.74) is 1.68. The quantitative estimate of drug-likeness (QED) is 0.558. The van der Waals surface area contributed by atoms with Crippen molar-refractivity contribution < 1.29 is 22.0 Å². The first kappa shape index (κ1) is 23.8. The lowest BCUT2D eigenvalue weighted by atomic mass is 10.1. The van der Waals surface area contributed by atoms with E-state index < -0.39 is 21.9 Å². The number of anilines is 1. The highest BCUT2D eigenvalue weighted by atomic mass is 32.2. The van der Waals surface area contributed by atoms with Crippen LogP contribution in [-0.4, -0.2) is 51.4 Å². The minimum atomic E-state index is -4.05. The number of piperazine rings is 1. The number of carbonyl (C=O) groups excluding carboxylic acids is 1. The summed E-state index contributed by atoms with van der Waals surface area (Å²) in [5.74, 6) is -1.18. The van der Waals surface area contributed by atoms with Gasteiger partial charge < -0.3 is 9.80 Å². The lowest BCUT2D eigenvalue weighted by Crippen LogP contribution is -2.55. The third-order valence-electron chi connectivity index (χ3n) is 5.79. The molecule has 1 saturated heterocycles. The third-order valence-corrected chi connectivity index (χ3v) is 7.27. The first-order valence-electron chi connectivity index (χ1n) is 10.9. The molecule has 0 saturated carbocycles. The van der Waals surface area contributed by atoms with Gasteiger partial charge in [-0.05, 0) is 60.5 Å². The number of carbonyl (C=O) groups is 1. The van der Waals surface area contributed by atoms with E-state index in [1.807, 2.05) is 30.3 Å². The van der Waals surface area contributed by atoms with Gasteiger partial charge in [-0.1, -0.05) is 30.3 Å². The van der Waals surface area contributed by atoms with Crippen LogP contribution in [0.5, 0.6) is 0 Å². The molecule has 1 atom stereocenters. The second-order valence-electron chi connectivity index (χ2n) is 8.11.